The SMILES string of the molecule is O=C(OCc1ccc(OC2OC(CO)C(O)C(O)C2O)cc1)c1ccc(O)c(O)c1. The van der Waals surface area contributed by atoms with E-state index >= 15 is 0 Å². The quantitative estimate of drug-likeness (QED) is 0.267. The predicted molar refractivity (Wildman–Crippen MR) is 99.7 cm³/mol. The Balaban J connectivity index is 1.57. The van der Waals surface area contributed by atoms with E-state index in [-0.39, 0.29) is 23.7 Å². The number of benzene rings is 2. The van der Waals surface area contributed by atoms with Gasteiger partial charge in [-0.3, -0.25) is 0 Å². The van der Waals surface area contributed by atoms with Gasteiger partial charge in [-0.1, -0.05) is 12.1 Å². The summed E-state index contributed by atoms with van der Waals surface area (Å²) < 4.78 is 15.9. The van der Waals surface area contributed by atoms with Crippen LogP contribution in [0.1, 0.15) is 15.9 Å². The summed E-state index contributed by atoms with van der Waals surface area (Å²) in [5.74, 6) is -1.19. The Kier molecular flexibility index (Phi) is 6.75. The van der Waals surface area contributed by atoms with Gasteiger partial charge >= 0.3 is 5.97 Å². The molecule has 162 valence electrons. The number of phenols is 2. The van der Waals surface area contributed by atoms with Crippen LogP contribution in [0, 0.1) is 0 Å². The van der Waals surface area contributed by atoms with Crippen LogP contribution in [-0.2, 0) is 16.1 Å². The van der Waals surface area contributed by atoms with Crippen molar-refractivity contribution in [2.45, 2.75) is 37.3 Å². The second kappa shape index (κ2) is 9.28. The van der Waals surface area contributed by atoms with Crippen molar-refractivity contribution in [2.75, 3.05) is 6.61 Å². The number of hydrogen-bond donors (Lipinski definition) is 6. The summed E-state index contributed by atoms with van der Waals surface area (Å²) in [4.78, 5) is 12.0. The van der Waals surface area contributed by atoms with E-state index in [0.717, 1.165) is 6.07 Å². The molecule has 0 radical (unpaired) electrons. The number of phenolic OH excluding ortho intramolecular Hbond substituents is 2. The Morgan fingerprint density at radius 2 is 1.63 bits per heavy atom. The number of aliphatic hydroxyl groups excluding tert-OH is 4. The van der Waals surface area contributed by atoms with Crippen molar-refractivity contribution in [2.24, 2.45) is 0 Å². The van der Waals surface area contributed by atoms with Crippen molar-refractivity contribution in [3.63, 3.8) is 0 Å². The molecular formula is C20H22O10. The Bertz CT molecular complexity index is 866. The second-order valence-corrected chi connectivity index (χ2v) is 6.74. The minimum atomic E-state index is -1.54. The van der Waals surface area contributed by atoms with Crippen LogP contribution < -0.4 is 4.74 Å². The van der Waals surface area contributed by atoms with E-state index in [9.17, 15) is 35.4 Å². The van der Waals surface area contributed by atoms with Gasteiger partial charge in [-0.2, -0.15) is 0 Å². The molecule has 2 aromatic rings. The summed E-state index contributed by atoms with van der Waals surface area (Å²) in [6.07, 6.45) is -6.92. The molecular weight excluding hydrogens is 400 g/mol. The lowest BCUT2D eigenvalue weighted by Crippen LogP contribution is -2.60. The van der Waals surface area contributed by atoms with Gasteiger partial charge in [0, 0.05) is 0 Å². The molecule has 1 fully saturated rings. The molecule has 1 aliphatic heterocycles. The Morgan fingerprint density at radius 1 is 0.933 bits per heavy atom. The van der Waals surface area contributed by atoms with Gasteiger partial charge < -0.3 is 44.8 Å². The lowest BCUT2D eigenvalue weighted by atomic mass is 9.99. The molecule has 5 atom stereocenters. The van der Waals surface area contributed by atoms with Crippen LogP contribution in [0.3, 0.4) is 0 Å². The van der Waals surface area contributed by atoms with Gasteiger partial charge in [0.1, 0.15) is 36.8 Å². The maximum Gasteiger partial charge on any atom is 0.338 e. The Morgan fingerprint density at radius 3 is 2.27 bits per heavy atom. The Hall–Kier alpha value is -2.89. The first-order valence-corrected chi connectivity index (χ1v) is 9.05. The number of carbonyl (C=O) groups is 1. The number of hydrogen-bond acceptors (Lipinski definition) is 10. The summed E-state index contributed by atoms with van der Waals surface area (Å²) in [5.41, 5.74) is 0.695. The largest absolute Gasteiger partial charge is 0.504 e. The summed E-state index contributed by atoms with van der Waals surface area (Å²) in [7, 11) is 0. The van der Waals surface area contributed by atoms with Gasteiger partial charge in [0.15, 0.2) is 11.5 Å². The van der Waals surface area contributed by atoms with Crippen molar-refractivity contribution in [3.05, 3.63) is 53.6 Å². The van der Waals surface area contributed by atoms with Crippen LogP contribution in [0.4, 0.5) is 0 Å². The average molecular weight is 422 g/mol. The van der Waals surface area contributed by atoms with E-state index in [0.29, 0.717) is 5.56 Å². The molecule has 0 aliphatic carbocycles. The van der Waals surface area contributed by atoms with Gasteiger partial charge in [0.25, 0.3) is 0 Å². The molecule has 1 saturated heterocycles. The van der Waals surface area contributed by atoms with Crippen molar-refractivity contribution in [1.82, 2.24) is 0 Å². The highest BCUT2D eigenvalue weighted by Crippen LogP contribution is 2.26. The molecule has 5 unspecified atom stereocenters. The maximum atomic E-state index is 12.0. The van der Waals surface area contributed by atoms with Crippen LogP contribution >= 0.6 is 0 Å². The number of rotatable bonds is 6. The summed E-state index contributed by atoms with van der Waals surface area (Å²) in [5, 5.41) is 57.5. The molecule has 0 bridgehead atoms. The normalized spacial score (nSPS) is 26.2. The van der Waals surface area contributed by atoms with E-state index in [1.165, 1.54) is 24.3 Å². The van der Waals surface area contributed by atoms with Crippen LogP contribution in [0.15, 0.2) is 42.5 Å². The fraction of sp³-hybridized carbons (Fsp3) is 0.350. The van der Waals surface area contributed by atoms with Gasteiger partial charge in [0.2, 0.25) is 6.29 Å². The monoisotopic (exact) mass is 422 g/mol. The predicted octanol–water partition coefficient (Wildman–Crippen LogP) is -0.367. The number of aliphatic hydroxyl groups is 4. The molecule has 1 aliphatic rings. The maximum absolute atomic E-state index is 12.0. The van der Waals surface area contributed by atoms with Gasteiger partial charge in [0.05, 0.1) is 12.2 Å². The minimum absolute atomic E-state index is 0.0687. The summed E-state index contributed by atoms with van der Waals surface area (Å²) in [6.45, 7) is -0.630. The molecule has 1 heterocycles. The minimum Gasteiger partial charge on any atom is -0.504 e. The molecule has 10 heteroatoms. The zero-order chi connectivity index (χ0) is 21.8. The molecule has 0 spiro atoms. The van der Waals surface area contributed by atoms with E-state index < -0.39 is 49.0 Å². The van der Waals surface area contributed by atoms with Crippen LogP contribution in [-0.4, -0.2) is 73.9 Å². The molecule has 30 heavy (non-hydrogen) atoms. The third-order valence-electron chi connectivity index (χ3n) is 4.61. The fourth-order valence-corrected chi connectivity index (χ4v) is 2.85. The van der Waals surface area contributed by atoms with E-state index in [1.54, 1.807) is 12.1 Å². The van der Waals surface area contributed by atoms with Gasteiger partial charge in [-0.25, -0.2) is 4.79 Å². The zero-order valence-electron chi connectivity index (χ0n) is 15.7. The first kappa shape index (κ1) is 21.8. The number of ether oxygens (including phenoxy) is 3. The lowest BCUT2D eigenvalue weighted by molar-refractivity contribution is -0.277. The van der Waals surface area contributed by atoms with Crippen LogP contribution in [0.5, 0.6) is 17.2 Å². The lowest BCUT2D eigenvalue weighted by Gasteiger charge is -2.39. The van der Waals surface area contributed by atoms with Crippen LogP contribution in [0.2, 0.25) is 0 Å². The molecule has 6 N–H and O–H groups in total. The van der Waals surface area contributed by atoms with E-state index in [4.69, 9.17) is 14.2 Å². The third kappa shape index (κ3) is 4.81. The topological polar surface area (TPSA) is 166 Å². The van der Waals surface area contributed by atoms with Crippen LogP contribution in [0.25, 0.3) is 0 Å². The smallest absolute Gasteiger partial charge is 0.338 e. The molecule has 0 aromatic heterocycles. The molecule has 0 saturated carbocycles. The number of aromatic hydroxyl groups is 2. The standard InChI is InChI=1S/C20H22O10/c21-8-15-16(24)17(25)18(26)20(30-15)29-12-4-1-10(2-5-12)9-28-19(27)11-3-6-13(22)14(23)7-11/h1-7,15-18,20-26H,8-9H2. The molecule has 2 aromatic carbocycles. The van der Waals surface area contributed by atoms with Crippen molar-refractivity contribution in [1.29, 1.82) is 0 Å². The summed E-state index contributed by atoms with van der Waals surface area (Å²) in [6, 6.07) is 9.83. The number of esters is 1. The zero-order valence-corrected chi connectivity index (χ0v) is 15.7. The first-order chi connectivity index (χ1) is 14.3. The van der Waals surface area contributed by atoms with E-state index in [2.05, 4.69) is 0 Å². The average Bonchev–Trinajstić information content (AvgIpc) is 2.75. The summed E-state index contributed by atoms with van der Waals surface area (Å²) >= 11 is 0. The van der Waals surface area contributed by atoms with E-state index in [1.807, 2.05) is 0 Å². The van der Waals surface area contributed by atoms with Crippen molar-refractivity contribution in [3.8, 4) is 17.2 Å². The first-order valence-electron chi connectivity index (χ1n) is 9.05. The highest BCUT2D eigenvalue weighted by Gasteiger charge is 2.44. The fourth-order valence-electron chi connectivity index (χ4n) is 2.85. The van der Waals surface area contributed by atoms with Crippen molar-refractivity contribution < 1.29 is 49.6 Å². The highest BCUT2D eigenvalue weighted by atomic mass is 16.7. The van der Waals surface area contributed by atoms with Crippen molar-refractivity contribution >= 4 is 5.97 Å². The van der Waals surface area contributed by atoms with Gasteiger partial charge in [-0.05, 0) is 35.9 Å². The molecule has 3 rings (SSSR count). The highest BCUT2D eigenvalue weighted by molar-refractivity contribution is 5.90. The third-order valence-corrected chi connectivity index (χ3v) is 4.61. The second-order valence-electron chi connectivity index (χ2n) is 6.74. The van der Waals surface area contributed by atoms with Gasteiger partial charge in [-0.15, -0.1) is 0 Å². The number of carbonyl (C=O) groups excluding carboxylic acids is 1. The molecule has 10 nitrogen and oxygen atoms in total. The molecule has 0 amide bonds. The Labute approximate surface area is 171 Å².